The van der Waals surface area contributed by atoms with Crippen molar-refractivity contribution in [1.29, 1.82) is 0 Å². The number of hydrogen-bond donors (Lipinski definition) is 1. The zero-order chi connectivity index (χ0) is 25.3. The lowest BCUT2D eigenvalue weighted by atomic mass is 10.0. The molecule has 0 spiro atoms. The van der Waals surface area contributed by atoms with Crippen LogP contribution in [0.3, 0.4) is 0 Å². The second-order valence-corrected chi connectivity index (χ2v) is 8.92. The average molecular weight is 481 g/mol. The number of aromatic amines is 1. The van der Waals surface area contributed by atoms with Crippen LogP contribution in [0.1, 0.15) is 49.2 Å². The average Bonchev–Trinajstić information content (AvgIpc) is 2.85. The minimum atomic E-state index is -0.626. The van der Waals surface area contributed by atoms with Gasteiger partial charge in [0.1, 0.15) is 0 Å². The van der Waals surface area contributed by atoms with E-state index in [9.17, 15) is 24.5 Å². The lowest BCUT2D eigenvalue weighted by molar-refractivity contribution is -0.384. The smallest absolute Gasteiger partial charge is 0.329 e. The monoisotopic (exact) mass is 480 g/mol. The maximum absolute atomic E-state index is 13.6. The van der Waals surface area contributed by atoms with E-state index in [4.69, 9.17) is 0 Å². The molecule has 1 amide bonds. The van der Waals surface area contributed by atoms with E-state index in [0.717, 1.165) is 5.69 Å². The molecule has 1 N–H and O–H groups in total. The standard InChI is InChI=1S/C24H28N6O5/c1-4-8-29-21-20(22(31)26-24(29)33)18(14-19(25-21)15(2)3)23(32)28-11-9-27(10-12-28)16-6-5-7-17(13-16)30(34)35/h5-7,13-15H,4,8-12H2,1-3H3,(H,26,31,33). The SMILES string of the molecule is CCCn1c(=O)[nH]c(=O)c2c(C(=O)N3CCN(c4cccc([N+](=O)[O-])c4)CC3)cc(C(C)C)nc21. The number of piperazine rings is 1. The Kier molecular flexibility index (Phi) is 6.68. The van der Waals surface area contributed by atoms with Crippen LogP contribution in [0.4, 0.5) is 11.4 Å². The summed E-state index contributed by atoms with van der Waals surface area (Å²) in [6, 6.07) is 8.07. The molecule has 1 aliphatic rings. The molecule has 35 heavy (non-hydrogen) atoms. The van der Waals surface area contributed by atoms with Crippen molar-refractivity contribution in [3.8, 4) is 0 Å². The van der Waals surface area contributed by atoms with Crippen molar-refractivity contribution in [2.75, 3.05) is 31.1 Å². The third kappa shape index (κ3) is 4.66. The van der Waals surface area contributed by atoms with Crippen LogP contribution in [-0.4, -0.2) is 56.4 Å². The normalized spacial score (nSPS) is 14.1. The number of nitro groups is 1. The highest BCUT2D eigenvalue weighted by atomic mass is 16.6. The number of non-ortho nitro benzene ring substituents is 1. The first-order valence-electron chi connectivity index (χ1n) is 11.7. The van der Waals surface area contributed by atoms with Crippen molar-refractivity contribution >= 4 is 28.3 Å². The van der Waals surface area contributed by atoms with E-state index in [-0.39, 0.29) is 34.1 Å². The lowest BCUT2D eigenvalue weighted by Gasteiger charge is -2.36. The maximum atomic E-state index is 13.6. The molecule has 1 saturated heterocycles. The van der Waals surface area contributed by atoms with Crippen LogP contribution in [0.25, 0.3) is 11.0 Å². The molecule has 184 valence electrons. The van der Waals surface area contributed by atoms with Crippen LogP contribution in [-0.2, 0) is 6.54 Å². The summed E-state index contributed by atoms with van der Waals surface area (Å²) in [5.41, 5.74) is 0.663. The number of benzene rings is 1. The highest BCUT2D eigenvalue weighted by Crippen LogP contribution is 2.24. The van der Waals surface area contributed by atoms with Gasteiger partial charge >= 0.3 is 5.69 Å². The number of anilines is 1. The molecule has 0 radical (unpaired) electrons. The van der Waals surface area contributed by atoms with E-state index in [1.54, 1.807) is 17.0 Å². The highest BCUT2D eigenvalue weighted by Gasteiger charge is 2.27. The molecular weight excluding hydrogens is 452 g/mol. The Labute approximate surface area is 201 Å². The largest absolute Gasteiger partial charge is 0.368 e. The van der Waals surface area contributed by atoms with Gasteiger partial charge < -0.3 is 9.80 Å². The van der Waals surface area contributed by atoms with E-state index >= 15 is 0 Å². The number of fused-ring (bicyclic) bond motifs is 1. The number of aromatic nitrogens is 3. The first-order valence-corrected chi connectivity index (χ1v) is 11.7. The Hall–Kier alpha value is -4.02. The van der Waals surface area contributed by atoms with Gasteiger partial charge in [0, 0.05) is 56.2 Å². The van der Waals surface area contributed by atoms with Gasteiger partial charge in [-0.2, -0.15) is 0 Å². The number of amides is 1. The minimum absolute atomic E-state index is 0.0128. The predicted octanol–water partition coefficient (Wildman–Crippen LogP) is 2.49. The Morgan fingerprint density at radius 1 is 1.17 bits per heavy atom. The van der Waals surface area contributed by atoms with Gasteiger partial charge in [0.2, 0.25) is 0 Å². The van der Waals surface area contributed by atoms with E-state index in [2.05, 4.69) is 9.97 Å². The number of aryl methyl sites for hydroxylation is 1. The highest BCUT2D eigenvalue weighted by molar-refractivity contribution is 6.05. The molecule has 0 aliphatic carbocycles. The first-order chi connectivity index (χ1) is 16.7. The van der Waals surface area contributed by atoms with Crippen LogP contribution in [0.15, 0.2) is 39.9 Å². The van der Waals surface area contributed by atoms with Crippen molar-refractivity contribution in [2.24, 2.45) is 0 Å². The zero-order valence-corrected chi connectivity index (χ0v) is 20.0. The van der Waals surface area contributed by atoms with E-state index in [1.807, 2.05) is 31.7 Å². The second kappa shape index (κ2) is 9.69. The van der Waals surface area contributed by atoms with Crippen LogP contribution in [0.5, 0.6) is 0 Å². The molecular formula is C24H28N6O5. The molecule has 0 atom stereocenters. The number of nitrogens with one attached hydrogen (secondary N) is 1. The molecule has 1 aliphatic heterocycles. The summed E-state index contributed by atoms with van der Waals surface area (Å²) in [5.74, 6) is -0.314. The zero-order valence-electron chi connectivity index (χ0n) is 20.0. The Morgan fingerprint density at radius 2 is 1.89 bits per heavy atom. The third-order valence-electron chi connectivity index (χ3n) is 6.21. The van der Waals surface area contributed by atoms with Crippen molar-refractivity contribution in [3.63, 3.8) is 0 Å². The van der Waals surface area contributed by atoms with Crippen LogP contribution < -0.4 is 16.1 Å². The number of rotatable bonds is 6. The molecule has 11 heteroatoms. The fourth-order valence-corrected chi connectivity index (χ4v) is 4.33. The number of H-pyrrole nitrogens is 1. The van der Waals surface area contributed by atoms with Gasteiger partial charge in [-0.05, 0) is 24.5 Å². The Bertz CT molecular complexity index is 1400. The van der Waals surface area contributed by atoms with Crippen molar-refractivity contribution in [3.05, 3.63) is 72.5 Å². The molecule has 3 aromatic rings. The van der Waals surface area contributed by atoms with Crippen molar-refractivity contribution < 1.29 is 9.72 Å². The van der Waals surface area contributed by atoms with Gasteiger partial charge in [-0.25, -0.2) is 9.78 Å². The summed E-state index contributed by atoms with van der Waals surface area (Å²) in [7, 11) is 0. The molecule has 0 bridgehead atoms. The molecule has 3 heterocycles. The fraction of sp³-hybridized carbons (Fsp3) is 0.417. The predicted molar refractivity (Wildman–Crippen MR) is 132 cm³/mol. The molecule has 1 fully saturated rings. The number of pyridine rings is 1. The lowest BCUT2D eigenvalue weighted by Crippen LogP contribution is -2.49. The summed E-state index contributed by atoms with van der Waals surface area (Å²) >= 11 is 0. The quantitative estimate of drug-likeness (QED) is 0.423. The summed E-state index contributed by atoms with van der Waals surface area (Å²) in [4.78, 5) is 60.2. The summed E-state index contributed by atoms with van der Waals surface area (Å²) in [6.07, 6.45) is 0.664. The fourth-order valence-electron chi connectivity index (χ4n) is 4.33. The third-order valence-corrected chi connectivity index (χ3v) is 6.21. The molecule has 0 saturated carbocycles. The number of carbonyl (C=O) groups excluding carboxylic acids is 1. The Balaban J connectivity index is 1.68. The van der Waals surface area contributed by atoms with E-state index in [0.29, 0.717) is 44.8 Å². The van der Waals surface area contributed by atoms with Gasteiger partial charge in [0.15, 0.2) is 5.65 Å². The van der Waals surface area contributed by atoms with E-state index < -0.39 is 16.2 Å². The minimum Gasteiger partial charge on any atom is -0.368 e. The summed E-state index contributed by atoms with van der Waals surface area (Å²) < 4.78 is 1.42. The molecule has 1 aromatic carbocycles. The number of nitrogens with zero attached hydrogens (tertiary/aromatic N) is 5. The van der Waals surface area contributed by atoms with Gasteiger partial charge in [0.25, 0.3) is 17.2 Å². The van der Waals surface area contributed by atoms with Gasteiger partial charge in [-0.1, -0.05) is 26.8 Å². The maximum Gasteiger partial charge on any atom is 0.329 e. The number of carbonyl (C=O) groups is 1. The Morgan fingerprint density at radius 3 is 2.51 bits per heavy atom. The van der Waals surface area contributed by atoms with Gasteiger partial charge in [-0.3, -0.25) is 29.3 Å². The van der Waals surface area contributed by atoms with E-state index in [1.165, 1.54) is 16.7 Å². The number of nitro benzene ring substituents is 1. The molecule has 0 unspecified atom stereocenters. The van der Waals surface area contributed by atoms with Crippen LogP contribution >= 0.6 is 0 Å². The molecule has 2 aromatic heterocycles. The molecule has 4 rings (SSSR count). The van der Waals surface area contributed by atoms with Crippen molar-refractivity contribution in [2.45, 2.75) is 39.7 Å². The summed E-state index contributed by atoms with van der Waals surface area (Å²) in [6.45, 7) is 7.92. The van der Waals surface area contributed by atoms with Gasteiger partial charge in [-0.15, -0.1) is 0 Å². The number of hydrogen-bond acceptors (Lipinski definition) is 7. The first kappa shape index (κ1) is 24.1. The summed E-state index contributed by atoms with van der Waals surface area (Å²) in [5, 5.41) is 11.2. The second-order valence-electron chi connectivity index (χ2n) is 8.92. The van der Waals surface area contributed by atoms with Crippen LogP contribution in [0, 0.1) is 10.1 Å². The molecule has 11 nitrogen and oxygen atoms in total. The van der Waals surface area contributed by atoms with Crippen molar-refractivity contribution in [1.82, 2.24) is 19.4 Å². The van der Waals surface area contributed by atoms with Gasteiger partial charge in [0.05, 0.1) is 15.9 Å². The topological polar surface area (TPSA) is 134 Å². The van der Waals surface area contributed by atoms with Crippen LogP contribution in [0.2, 0.25) is 0 Å².